The zero-order chi connectivity index (χ0) is 13.0. The fraction of sp³-hybridized carbons (Fsp3) is 0.357. The third-order valence-electron chi connectivity index (χ3n) is 2.85. The lowest BCUT2D eigenvalue weighted by Crippen LogP contribution is -2.18. The van der Waals surface area contributed by atoms with Gasteiger partial charge in [0.15, 0.2) is 0 Å². The number of hydrogen-bond donors (Lipinski definition) is 1. The van der Waals surface area contributed by atoms with Crippen molar-refractivity contribution in [1.29, 1.82) is 0 Å². The average Bonchev–Trinajstić information content (AvgIpc) is 2.80. The second kappa shape index (κ2) is 5.67. The van der Waals surface area contributed by atoms with E-state index >= 15 is 0 Å². The first kappa shape index (κ1) is 12.6. The van der Waals surface area contributed by atoms with Crippen LogP contribution in [0, 0.1) is 5.82 Å². The quantitative estimate of drug-likeness (QED) is 0.880. The minimum atomic E-state index is -0.143. The maximum absolute atomic E-state index is 13.5. The Hall–Kier alpha value is -1.84. The summed E-state index contributed by atoms with van der Waals surface area (Å²) in [5.41, 5.74) is 1.71. The molecule has 0 saturated carbocycles. The van der Waals surface area contributed by atoms with E-state index in [4.69, 9.17) is 0 Å². The number of aromatic nitrogens is 2. The molecule has 2 rings (SSSR count). The summed E-state index contributed by atoms with van der Waals surface area (Å²) in [6.45, 7) is 4.93. The van der Waals surface area contributed by atoms with Gasteiger partial charge in [0, 0.05) is 18.8 Å². The van der Waals surface area contributed by atoms with Crippen LogP contribution in [0.5, 0.6) is 0 Å². The molecule has 96 valence electrons. The van der Waals surface area contributed by atoms with E-state index in [-0.39, 0.29) is 11.9 Å². The van der Waals surface area contributed by atoms with Gasteiger partial charge in [0.2, 0.25) is 0 Å². The average molecular weight is 247 g/mol. The molecule has 1 aromatic heterocycles. The smallest absolute Gasteiger partial charge is 0.126 e. The monoisotopic (exact) mass is 247 g/mol. The predicted octanol–water partition coefficient (Wildman–Crippen LogP) is 3.09. The number of halogens is 1. The highest BCUT2D eigenvalue weighted by Gasteiger charge is 2.08. The van der Waals surface area contributed by atoms with Gasteiger partial charge in [-0.1, -0.05) is 18.2 Å². The highest BCUT2D eigenvalue weighted by atomic mass is 19.1. The summed E-state index contributed by atoms with van der Waals surface area (Å²) >= 11 is 0. The third kappa shape index (κ3) is 3.09. The van der Waals surface area contributed by atoms with Gasteiger partial charge in [0.05, 0.1) is 11.9 Å². The van der Waals surface area contributed by atoms with Crippen molar-refractivity contribution in [2.24, 2.45) is 0 Å². The molecule has 0 saturated heterocycles. The molecule has 1 N–H and O–H groups in total. The van der Waals surface area contributed by atoms with Crippen LogP contribution in [0.1, 0.15) is 19.4 Å². The van der Waals surface area contributed by atoms with Crippen molar-refractivity contribution >= 4 is 5.69 Å². The van der Waals surface area contributed by atoms with Gasteiger partial charge in [0.25, 0.3) is 0 Å². The van der Waals surface area contributed by atoms with Gasteiger partial charge in [-0.05, 0) is 31.9 Å². The van der Waals surface area contributed by atoms with Crippen LogP contribution in [-0.4, -0.2) is 15.8 Å². The van der Waals surface area contributed by atoms with Gasteiger partial charge in [-0.3, -0.25) is 4.68 Å². The first-order chi connectivity index (χ1) is 8.69. The molecule has 18 heavy (non-hydrogen) atoms. The first-order valence-electron chi connectivity index (χ1n) is 6.21. The van der Waals surface area contributed by atoms with Crippen LogP contribution in [0.3, 0.4) is 0 Å². The topological polar surface area (TPSA) is 29.9 Å². The molecule has 0 fully saturated rings. The number of aryl methyl sites for hydroxylation is 1. The summed E-state index contributed by atoms with van der Waals surface area (Å²) in [6, 6.07) is 7.05. The van der Waals surface area contributed by atoms with Gasteiger partial charge in [-0.15, -0.1) is 0 Å². The number of hydrogen-bond acceptors (Lipinski definition) is 2. The van der Waals surface area contributed by atoms with Gasteiger partial charge >= 0.3 is 0 Å². The molecule has 2 aromatic rings. The van der Waals surface area contributed by atoms with Crippen molar-refractivity contribution in [3.05, 3.63) is 48.0 Å². The Kier molecular flexibility index (Phi) is 3.97. The van der Waals surface area contributed by atoms with Gasteiger partial charge in [0.1, 0.15) is 5.82 Å². The summed E-state index contributed by atoms with van der Waals surface area (Å²) in [5, 5.41) is 7.51. The number of rotatable bonds is 5. The van der Waals surface area contributed by atoms with Crippen LogP contribution >= 0.6 is 0 Å². The molecule has 1 aromatic carbocycles. The van der Waals surface area contributed by atoms with Gasteiger partial charge in [-0.25, -0.2) is 4.39 Å². The molecule has 1 unspecified atom stereocenters. The number of nitrogens with zero attached hydrogens (tertiary/aromatic N) is 2. The second-order valence-electron chi connectivity index (χ2n) is 4.43. The maximum atomic E-state index is 13.5. The van der Waals surface area contributed by atoms with Crippen LogP contribution in [0.4, 0.5) is 10.1 Å². The molecule has 1 heterocycles. The minimum absolute atomic E-state index is 0.143. The first-order valence-corrected chi connectivity index (χ1v) is 6.21. The third-order valence-corrected chi connectivity index (χ3v) is 2.85. The van der Waals surface area contributed by atoms with Crippen LogP contribution in [-0.2, 0) is 13.0 Å². The Balaban J connectivity index is 1.96. The van der Waals surface area contributed by atoms with Gasteiger partial charge in [-0.2, -0.15) is 5.10 Å². The molecule has 0 aliphatic heterocycles. The van der Waals surface area contributed by atoms with Crippen LogP contribution in [0.2, 0.25) is 0 Å². The Morgan fingerprint density at radius 3 is 2.83 bits per heavy atom. The van der Waals surface area contributed by atoms with E-state index in [0.717, 1.165) is 17.8 Å². The summed E-state index contributed by atoms with van der Waals surface area (Å²) in [4.78, 5) is 0. The van der Waals surface area contributed by atoms with E-state index in [0.29, 0.717) is 6.42 Å². The molecule has 1 atom stereocenters. The fourth-order valence-corrected chi connectivity index (χ4v) is 1.94. The Morgan fingerprint density at radius 1 is 1.39 bits per heavy atom. The summed E-state index contributed by atoms with van der Waals surface area (Å²) in [7, 11) is 0. The van der Waals surface area contributed by atoms with Crippen LogP contribution in [0.15, 0.2) is 36.7 Å². The normalized spacial score (nSPS) is 12.4. The molecule has 0 radical (unpaired) electrons. The summed E-state index contributed by atoms with van der Waals surface area (Å²) in [5.74, 6) is -0.143. The summed E-state index contributed by atoms with van der Waals surface area (Å²) < 4.78 is 15.4. The Bertz CT molecular complexity index is 507. The van der Waals surface area contributed by atoms with Crippen LogP contribution in [0.25, 0.3) is 0 Å². The van der Waals surface area contributed by atoms with Crippen molar-refractivity contribution in [2.45, 2.75) is 32.9 Å². The predicted molar refractivity (Wildman–Crippen MR) is 71.1 cm³/mol. The zero-order valence-corrected chi connectivity index (χ0v) is 10.7. The number of nitrogens with one attached hydrogen (secondary N) is 1. The van der Waals surface area contributed by atoms with E-state index in [9.17, 15) is 4.39 Å². The Labute approximate surface area is 107 Å². The van der Waals surface area contributed by atoms with E-state index in [1.54, 1.807) is 12.3 Å². The highest BCUT2D eigenvalue weighted by molar-refractivity contribution is 5.39. The van der Waals surface area contributed by atoms with Crippen LogP contribution < -0.4 is 5.32 Å². The zero-order valence-electron chi connectivity index (χ0n) is 10.7. The summed E-state index contributed by atoms with van der Waals surface area (Å²) in [6.07, 6.45) is 4.41. The lowest BCUT2D eigenvalue weighted by atomic mass is 10.1. The molecule has 0 amide bonds. The Morgan fingerprint density at radius 2 is 2.17 bits per heavy atom. The van der Waals surface area contributed by atoms with Gasteiger partial charge < -0.3 is 5.32 Å². The fourth-order valence-electron chi connectivity index (χ4n) is 1.94. The largest absolute Gasteiger partial charge is 0.380 e. The van der Waals surface area contributed by atoms with E-state index in [2.05, 4.69) is 10.4 Å². The molecule has 0 spiro atoms. The molecular weight excluding hydrogens is 229 g/mol. The van der Waals surface area contributed by atoms with E-state index < -0.39 is 0 Å². The SMILES string of the molecule is CCn1cc(NC(C)Cc2ccccc2F)cn1. The second-order valence-corrected chi connectivity index (χ2v) is 4.43. The maximum Gasteiger partial charge on any atom is 0.126 e. The van der Waals surface area contributed by atoms with Crippen molar-refractivity contribution in [3.8, 4) is 0 Å². The standard InChI is InChI=1S/C14H18FN3/c1-3-18-10-13(9-16-18)17-11(2)8-12-6-4-5-7-14(12)15/h4-7,9-11,17H,3,8H2,1-2H3. The highest BCUT2D eigenvalue weighted by Crippen LogP contribution is 2.13. The lowest BCUT2D eigenvalue weighted by Gasteiger charge is -2.14. The molecule has 3 nitrogen and oxygen atoms in total. The lowest BCUT2D eigenvalue weighted by molar-refractivity contribution is 0.601. The van der Waals surface area contributed by atoms with Crippen molar-refractivity contribution in [3.63, 3.8) is 0 Å². The number of benzene rings is 1. The van der Waals surface area contributed by atoms with E-state index in [1.165, 1.54) is 6.07 Å². The molecule has 0 aliphatic carbocycles. The minimum Gasteiger partial charge on any atom is -0.380 e. The van der Waals surface area contributed by atoms with E-state index in [1.807, 2.05) is 36.9 Å². The molecular formula is C14H18FN3. The molecule has 0 aliphatic rings. The van der Waals surface area contributed by atoms with Crippen molar-refractivity contribution in [1.82, 2.24) is 9.78 Å². The van der Waals surface area contributed by atoms with Crippen molar-refractivity contribution < 1.29 is 4.39 Å². The number of anilines is 1. The molecule has 4 heteroatoms. The molecule has 0 bridgehead atoms. The van der Waals surface area contributed by atoms with Crippen molar-refractivity contribution in [2.75, 3.05) is 5.32 Å².